The number of terminal acetylenes is 1. The summed E-state index contributed by atoms with van der Waals surface area (Å²) in [5.41, 5.74) is 1.29. The van der Waals surface area contributed by atoms with E-state index in [0.29, 0.717) is 5.56 Å². The van der Waals surface area contributed by atoms with Gasteiger partial charge < -0.3 is 4.74 Å². The van der Waals surface area contributed by atoms with E-state index in [1.54, 1.807) is 24.3 Å². The van der Waals surface area contributed by atoms with Gasteiger partial charge in [-0.25, -0.2) is 4.39 Å². The largest absolute Gasteiger partial charge is 0.486 e. The van der Waals surface area contributed by atoms with E-state index in [1.165, 1.54) is 18.2 Å². The van der Waals surface area contributed by atoms with Crippen LogP contribution in [0.1, 0.15) is 11.1 Å². The molecule has 1 aliphatic rings. The highest BCUT2D eigenvalue weighted by Gasteiger charge is 2.34. The summed E-state index contributed by atoms with van der Waals surface area (Å²) in [5.74, 6) is 1.75. The van der Waals surface area contributed by atoms with Crippen LogP contribution in [0, 0.1) is 18.2 Å². The van der Waals surface area contributed by atoms with Crippen molar-refractivity contribution in [1.29, 1.82) is 0 Å². The van der Waals surface area contributed by atoms with E-state index in [4.69, 9.17) is 34.4 Å². The van der Waals surface area contributed by atoms with Gasteiger partial charge in [0.25, 0.3) is 11.1 Å². The molecule has 2 aromatic rings. The van der Waals surface area contributed by atoms with E-state index >= 15 is 0 Å². The Bertz CT molecular complexity index is 992. The first-order chi connectivity index (χ1) is 13.4. The number of amides is 2. The van der Waals surface area contributed by atoms with Gasteiger partial charge in [-0.2, -0.15) is 0 Å². The Morgan fingerprint density at radius 2 is 1.82 bits per heavy atom. The molecule has 1 fully saturated rings. The topological polar surface area (TPSA) is 46.6 Å². The van der Waals surface area contributed by atoms with Crippen LogP contribution in [0.15, 0.2) is 41.3 Å². The summed E-state index contributed by atoms with van der Waals surface area (Å²) in [5, 5.41) is 0.0538. The Morgan fingerprint density at radius 1 is 1.18 bits per heavy atom. The first kappa shape index (κ1) is 20.3. The molecule has 0 radical (unpaired) electrons. The average molecular weight is 436 g/mol. The number of benzene rings is 2. The molecular formula is C20H12Cl2FNO3S. The van der Waals surface area contributed by atoms with Crippen molar-refractivity contribution in [3.63, 3.8) is 0 Å². The summed E-state index contributed by atoms with van der Waals surface area (Å²) in [7, 11) is 0. The highest BCUT2D eigenvalue weighted by molar-refractivity contribution is 8.18. The van der Waals surface area contributed by atoms with Crippen LogP contribution < -0.4 is 4.74 Å². The minimum Gasteiger partial charge on any atom is -0.486 e. The molecule has 0 aromatic heterocycles. The number of nitrogens with zero attached hydrogens (tertiary/aromatic N) is 1. The molecule has 3 rings (SSSR count). The molecule has 2 aromatic carbocycles. The molecule has 4 nitrogen and oxygen atoms in total. The van der Waals surface area contributed by atoms with Crippen molar-refractivity contribution in [3.8, 4) is 18.1 Å². The van der Waals surface area contributed by atoms with Gasteiger partial charge in [0, 0.05) is 0 Å². The van der Waals surface area contributed by atoms with Crippen molar-refractivity contribution < 1.29 is 18.7 Å². The molecule has 0 unspecified atom stereocenters. The first-order valence-corrected chi connectivity index (χ1v) is 9.51. The van der Waals surface area contributed by atoms with Crippen LogP contribution in [0.25, 0.3) is 6.08 Å². The van der Waals surface area contributed by atoms with Gasteiger partial charge in [0.05, 0.1) is 21.5 Å². The van der Waals surface area contributed by atoms with Gasteiger partial charge in [-0.05, 0) is 53.2 Å². The fraction of sp³-hybridized carbons (Fsp3) is 0.100. The smallest absolute Gasteiger partial charge is 0.294 e. The fourth-order valence-corrected chi connectivity index (χ4v) is 3.87. The van der Waals surface area contributed by atoms with E-state index in [9.17, 15) is 14.0 Å². The second-order valence-corrected chi connectivity index (χ2v) is 7.51. The van der Waals surface area contributed by atoms with Crippen LogP contribution in [0.3, 0.4) is 0 Å². The quantitative estimate of drug-likeness (QED) is 0.467. The third kappa shape index (κ3) is 4.50. The molecule has 28 heavy (non-hydrogen) atoms. The maximum Gasteiger partial charge on any atom is 0.294 e. The van der Waals surface area contributed by atoms with Crippen LogP contribution in [0.4, 0.5) is 9.18 Å². The Kier molecular flexibility index (Phi) is 6.30. The number of thioether (sulfide) groups is 1. The number of carbonyl (C=O) groups is 2. The van der Waals surface area contributed by atoms with Gasteiger partial charge in [0.15, 0.2) is 5.75 Å². The molecule has 8 heteroatoms. The molecule has 0 saturated carbocycles. The summed E-state index contributed by atoms with van der Waals surface area (Å²) >= 11 is 13.3. The Labute approximate surface area is 175 Å². The molecule has 1 aliphatic heterocycles. The summed E-state index contributed by atoms with van der Waals surface area (Å²) in [6.45, 7) is 0.0731. The van der Waals surface area contributed by atoms with Gasteiger partial charge in [-0.1, -0.05) is 41.3 Å². The van der Waals surface area contributed by atoms with E-state index in [1.807, 2.05) is 0 Å². The third-order valence-corrected chi connectivity index (χ3v) is 5.21. The number of rotatable bonds is 5. The van der Waals surface area contributed by atoms with Gasteiger partial charge >= 0.3 is 0 Å². The molecule has 142 valence electrons. The third-order valence-electron chi connectivity index (χ3n) is 3.74. The predicted octanol–water partition coefficient (Wildman–Crippen LogP) is 5.38. The van der Waals surface area contributed by atoms with Crippen LogP contribution in [-0.4, -0.2) is 22.6 Å². The lowest BCUT2D eigenvalue weighted by molar-refractivity contribution is -0.122. The second kappa shape index (κ2) is 8.70. The second-order valence-electron chi connectivity index (χ2n) is 5.70. The van der Waals surface area contributed by atoms with Gasteiger partial charge in [0.2, 0.25) is 0 Å². The summed E-state index contributed by atoms with van der Waals surface area (Å²) in [6, 6.07) is 9.00. The van der Waals surface area contributed by atoms with E-state index < -0.39 is 11.1 Å². The Hall–Kier alpha value is -2.46. The lowest BCUT2D eigenvalue weighted by atomic mass is 10.2. The van der Waals surface area contributed by atoms with Crippen molar-refractivity contribution >= 4 is 52.2 Å². The maximum atomic E-state index is 13.0. The van der Waals surface area contributed by atoms with Crippen molar-refractivity contribution in [3.05, 3.63) is 68.3 Å². The number of hydrogen-bond donors (Lipinski definition) is 0. The molecule has 0 atom stereocenters. The number of ether oxygens (including phenoxy) is 1. The molecule has 1 saturated heterocycles. The van der Waals surface area contributed by atoms with Crippen LogP contribution >= 0.6 is 35.0 Å². The number of imide groups is 1. The first-order valence-electron chi connectivity index (χ1n) is 7.94. The Morgan fingerprint density at radius 3 is 2.43 bits per heavy atom. The van der Waals surface area contributed by atoms with Crippen molar-refractivity contribution in [2.75, 3.05) is 6.54 Å². The fourth-order valence-electron chi connectivity index (χ4n) is 2.42. The van der Waals surface area contributed by atoms with E-state index in [0.717, 1.165) is 22.2 Å². The highest BCUT2D eigenvalue weighted by atomic mass is 35.5. The monoisotopic (exact) mass is 435 g/mol. The SMILES string of the molecule is C#CCN1C(=O)S/C(=C/c2cc(Cl)c(OCc3ccc(F)cc3)c(Cl)c2)C1=O. The Balaban J connectivity index is 1.78. The van der Waals surface area contributed by atoms with Gasteiger partial charge in [-0.15, -0.1) is 6.42 Å². The summed E-state index contributed by atoms with van der Waals surface area (Å²) in [4.78, 5) is 25.3. The molecule has 0 bridgehead atoms. The lowest BCUT2D eigenvalue weighted by Crippen LogP contribution is -2.28. The van der Waals surface area contributed by atoms with Gasteiger partial charge in [-0.3, -0.25) is 14.5 Å². The lowest BCUT2D eigenvalue weighted by Gasteiger charge is -2.11. The zero-order valence-corrected chi connectivity index (χ0v) is 16.6. The van der Waals surface area contributed by atoms with E-state index in [2.05, 4.69) is 5.92 Å². The average Bonchev–Trinajstić information content (AvgIpc) is 2.90. The predicted molar refractivity (Wildman–Crippen MR) is 109 cm³/mol. The van der Waals surface area contributed by atoms with Crippen molar-refractivity contribution in [2.45, 2.75) is 6.61 Å². The minimum atomic E-state index is -0.461. The number of halogens is 3. The molecule has 0 aliphatic carbocycles. The number of carbonyl (C=O) groups excluding carboxylic acids is 2. The summed E-state index contributed by atoms with van der Waals surface area (Å²) in [6.07, 6.45) is 6.69. The van der Waals surface area contributed by atoms with Crippen molar-refractivity contribution in [1.82, 2.24) is 4.90 Å². The minimum absolute atomic E-state index is 0.0836. The standard InChI is InChI=1S/C20H12Cl2FNO3S/c1-2-7-24-19(25)17(28-20(24)26)10-13-8-15(21)18(16(22)9-13)27-11-12-3-5-14(23)6-4-12/h1,3-6,8-10H,7,11H2/b17-10+. The molecule has 1 heterocycles. The highest BCUT2D eigenvalue weighted by Crippen LogP contribution is 2.37. The van der Waals surface area contributed by atoms with Gasteiger partial charge in [0.1, 0.15) is 12.4 Å². The van der Waals surface area contributed by atoms with E-state index in [-0.39, 0.29) is 39.7 Å². The zero-order chi connectivity index (χ0) is 20.3. The van der Waals surface area contributed by atoms with Crippen LogP contribution in [0.2, 0.25) is 10.0 Å². The number of hydrogen-bond acceptors (Lipinski definition) is 4. The molecule has 0 N–H and O–H groups in total. The zero-order valence-electron chi connectivity index (χ0n) is 14.2. The van der Waals surface area contributed by atoms with Crippen LogP contribution in [0.5, 0.6) is 5.75 Å². The summed E-state index contributed by atoms with van der Waals surface area (Å²) < 4.78 is 18.6. The van der Waals surface area contributed by atoms with Crippen LogP contribution in [-0.2, 0) is 11.4 Å². The maximum absolute atomic E-state index is 13.0. The molecule has 2 amide bonds. The van der Waals surface area contributed by atoms with Crippen molar-refractivity contribution in [2.24, 2.45) is 0 Å². The normalized spacial score (nSPS) is 15.2. The molecule has 0 spiro atoms. The molecular weight excluding hydrogens is 424 g/mol.